The first-order valence-corrected chi connectivity index (χ1v) is 8.47. The van der Waals surface area contributed by atoms with Crippen molar-refractivity contribution in [3.8, 4) is 0 Å². The Morgan fingerprint density at radius 2 is 2.05 bits per heavy atom. The minimum absolute atomic E-state index is 0.203. The number of carboxylic acids is 1. The molecular weight excluding hydrogens is 288 g/mol. The average Bonchev–Trinajstić information content (AvgIpc) is 2.74. The van der Waals surface area contributed by atoms with E-state index in [1.165, 1.54) is 0 Å². The molecule has 1 unspecified atom stereocenters. The van der Waals surface area contributed by atoms with Crippen LogP contribution in [0.4, 0.5) is 0 Å². The molecule has 0 aliphatic rings. The van der Waals surface area contributed by atoms with Crippen molar-refractivity contribution in [3.05, 3.63) is 29.6 Å². The number of fused-ring (bicyclic) bond motifs is 1. The smallest absolute Gasteiger partial charge is 0.337 e. The van der Waals surface area contributed by atoms with E-state index in [1.807, 2.05) is 31.4 Å². The molecule has 0 aliphatic carbocycles. The lowest BCUT2D eigenvalue weighted by Crippen LogP contribution is -2.20. The molecule has 114 valence electrons. The highest BCUT2D eigenvalue weighted by atomic mass is 32.2. The van der Waals surface area contributed by atoms with E-state index in [9.17, 15) is 14.1 Å². The summed E-state index contributed by atoms with van der Waals surface area (Å²) in [4.78, 5) is 15.9. The molecule has 1 aromatic carbocycles. The predicted octanol–water partition coefficient (Wildman–Crippen LogP) is 2.41. The molecule has 6 heteroatoms. The second-order valence-corrected chi connectivity index (χ2v) is 7.65. The van der Waals surface area contributed by atoms with Crippen LogP contribution in [-0.4, -0.2) is 36.8 Å². The number of hydrogen-bond acceptors (Lipinski definition) is 3. The van der Waals surface area contributed by atoms with Crippen LogP contribution in [0.1, 0.15) is 37.0 Å². The number of nitrogens with zero attached hydrogens (tertiary/aromatic N) is 2. The van der Waals surface area contributed by atoms with Crippen molar-refractivity contribution in [1.82, 2.24) is 9.55 Å². The van der Waals surface area contributed by atoms with Gasteiger partial charge in [-0.2, -0.15) is 0 Å². The van der Waals surface area contributed by atoms with Crippen LogP contribution in [0.5, 0.6) is 0 Å². The van der Waals surface area contributed by atoms with Gasteiger partial charge in [0.05, 0.1) is 11.1 Å². The average molecular weight is 308 g/mol. The molecule has 2 rings (SSSR count). The summed E-state index contributed by atoms with van der Waals surface area (Å²) in [7, 11) is -0.907. The van der Waals surface area contributed by atoms with Crippen LogP contribution >= 0.6 is 0 Å². The molecule has 1 atom stereocenters. The molecule has 0 radical (unpaired) electrons. The molecule has 0 fully saturated rings. The summed E-state index contributed by atoms with van der Waals surface area (Å²) in [5, 5.41) is 9.31. The standard InChI is InChI=1S/C15H20N2O3S/c1-15(2,3)14-16-12-10(13(18)19)6-5-7-11(12)17(14)8-9-21(4)20/h5-7H,8-9H2,1-4H3,(H,18,19). The van der Waals surface area contributed by atoms with E-state index in [0.29, 0.717) is 17.8 Å². The Labute approximate surface area is 126 Å². The summed E-state index contributed by atoms with van der Waals surface area (Å²) in [5.74, 6) is 0.354. The van der Waals surface area contributed by atoms with Crippen molar-refractivity contribution in [3.63, 3.8) is 0 Å². The van der Waals surface area contributed by atoms with Gasteiger partial charge >= 0.3 is 5.97 Å². The molecule has 1 N–H and O–H groups in total. The van der Waals surface area contributed by atoms with Gasteiger partial charge in [-0.1, -0.05) is 26.8 Å². The van der Waals surface area contributed by atoms with E-state index in [-0.39, 0.29) is 11.0 Å². The fraction of sp³-hybridized carbons (Fsp3) is 0.467. The summed E-state index contributed by atoms with van der Waals surface area (Å²) in [5.41, 5.74) is 1.26. The Morgan fingerprint density at radius 3 is 2.57 bits per heavy atom. The van der Waals surface area contributed by atoms with Crippen molar-refractivity contribution in [1.29, 1.82) is 0 Å². The number of rotatable bonds is 4. The monoisotopic (exact) mass is 308 g/mol. The fourth-order valence-electron chi connectivity index (χ4n) is 2.34. The lowest BCUT2D eigenvalue weighted by Gasteiger charge is -2.20. The van der Waals surface area contributed by atoms with Crippen molar-refractivity contribution >= 4 is 27.8 Å². The molecule has 1 aromatic heterocycles. The van der Waals surface area contributed by atoms with Gasteiger partial charge in [0.15, 0.2) is 0 Å². The molecular formula is C15H20N2O3S. The van der Waals surface area contributed by atoms with Gasteiger partial charge in [-0.05, 0) is 12.1 Å². The summed E-state index contributed by atoms with van der Waals surface area (Å²) in [6, 6.07) is 5.15. The predicted molar refractivity (Wildman–Crippen MR) is 84.3 cm³/mol. The van der Waals surface area contributed by atoms with Crippen LogP contribution < -0.4 is 0 Å². The summed E-state index contributed by atoms with van der Waals surface area (Å²) in [6.45, 7) is 6.67. The zero-order chi connectivity index (χ0) is 15.8. The number of aromatic nitrogens is 2. The van der Waals surface area contributed by atoms with E-state index in [2.05, 4.69) is 4.98 Å². The highest BCUT2D eigenvalue weighted by Crippen LogP contribution is 2.28. The maximum Gasteiger partial charge on any atom is 0.337 e. The molecule has 0 amide bonds. The van der Waals surface area contributed by atoms with Gasteiger partial charge in [-0.25, -0.2) is 9.78 Å². The second-order valence-electron chi connectivity index (χ2n) is 6.09. The van der Waals surface area contributed by atoms with Crippen LogP contribution in [0.15, 0.2) is 18.2 Å². The van der Waals surface area contributed by atoms with E-state index < -0.39 is 16.8 Å². The Morgan fingerprint density at radius 1 is 1.38 bits per heavy atom. The molecule has 21 heavy (non-hydrogen) atoms. The normalized spacial score (nSPS) is 13.5. The molecule has 0 saturated carbocycles. The highest BCUT2D eigenvalue weighted by Gasteiger charge is 2.25. The maximum absolute atomic E-state index is 11.4. The number of carboxylic acid groups (broad SMARTS) is 1. The third-order valence-electron chi connectivity index (χ3n) is 3.28. The molecule has 0 bridgehead atoms. The Kier molecular flexibility index (Phi) is 4.18. The number of aromatic carboxylic acids is 1. The van der Waals surface area contributed by atoms with E-state index in [1.54, 1.807) is 18.4 Å². The van der Waals surface area contributed by atoms with Crippen LogP contribution in [-0.2, 0) is 22.8 Å². The van der Waals surface area contributed by atoms with Gasteiger partial charge in [0.2, 0.25) is 0 Å². The number of hydrogen-bond donors (Lipinski definition) is 1. The Hall–Kier alpha value is -1.69. The van der Waals surface area contributed by atoms with Gasteiger partial charge in [-0.3, -0.25) is 4.21 Å². The quantitative estimate of drug-likeness (QED) is 0.941. The van der Waals surface area contributed by atoms with Gasteiger partial charge in [0.25, 0.3) is 0 Å². The molecule has 2 aromatic rings. The third-order valence-corrected chi connectivity index (χ3v) is 4.04. The maximum atomic E-state index is 11.4. The third kappa shape index (κ3) is 3.15. The van der Waals surface area contributed by atoms with Crippen LogP contribution in [0.25, 0.3) is 11.0 Å². The topological polar surface area (TPSA) is 72.2 Å². The molecule has 0 spiro atoms. The number of aryl methyl sites for hydroxylation is 1. The van der Waals surface area contributed by atoms with Crippen molar-refractivity contribution in [2.24, 2.45) is 0 Å². The minimum atomic E-state index is -0.982. The van der Waals surface area contributed by atoms with E-state index in [4.69, 9.17) is 0 Å². The van der Waals surface area contributed by atoms with Crippen molar-refractivity contribution < 1.29 is 14.1 Å². The van der Waals surface area contributed by atoms with Gasteiger partial charge in [-0.15, -0.1) is 0 Å². The number of para-hydroxylation sites is 1. The minimum Gasteiger partial charge on any atom is -0.478 e. The SMILES string of the molecule is CS(=O)CCn1c(C(C)(C)C)nc2c(C(=O)O)cccc21. The molecule has 5 nitrogen and oxygen atoms in total. The van der Waals surface area contributed by atoms with Gasteiger partial charge < -0.3 is 9.67 Å². The van der Waals surface area contributed by atoms with Gasteiger partial charge in [0.1, 0.15) is 11.3 Å². The second kappa shape index (κ2) is 5.60. The number of imidazole rings is 1. The first-order valence-electron chi connectivity index (χ1n) is 6.75. The number of benzene rings is 1. The van der Waals surface area contributed by atoms with E-state index in [0.717, 1.165) is 11.3 Å². The zero-order valence-electron chi connectivity index (χ0n) is 12.7. The van der Waals surface area contributed by atoms with Crippen LogP contribution in [0.3, 0.4) is 0 Å². The molecule has 0 saturated heterocycles. The highest BCUT2D eigenvalue weighted by molar-refractivity contribution is 7.84. The van der Waals surface area contributed by atoms with Crippen molar-refractivity contribution in [2.75, 3.05) is 12.0 Å². The lowest BCUT2D eigenvalue weighted by molar-refractivity contribution is 0.0699. The fourth-order valence-corrected chi connectivity index (χ4v) is 2.78. The summed E-state index contributed by atoms with van der Waals surface area (Å²) in [6.07, 6.45) is 1.67. The molecule has 0 aliphatic heterocycles. The number of carbonyl (C=O) groups is 1. The summed E-state index contributed by atoms with van der Waals surface area (Å²) >= 11 is 0. The van der Waals surface area contributed by atoms with Crippen LogP contribution in [0, 0.1) is 0 Å². The van der Waals surface area contributed by atoms with Gasteiger partial charge in [0, 0.05) is 34.8 Å². The lowest BCUT2D eigenvalue weighted by atomic mass is 9.96. The largest absolute Gasteiger partial charge is 0.478 e. The first-order chi connectivity index (χ1) is 9.71. The summed E-state index contributed by atoms with van der Waals surface area (Å²) < 4.78 is 13.4. The zero-order valence-corrected chi connectivity index (χ0v) is 13.5. The molecule has 1 heterocycles. The Balaban J connectivity index is 2.70. The van der Waals surface area contributed by atoms with Crippen molar-refractivity contribution in [2.45, 2.75) is 32.7 Å². The van der Waals surface area contributed by atoms with E-state index >= 15 is 0 Å². The Bertz CT molecular complexity index is 714. The van der Waals surface area contributed by atoms with Crippen LogP contribution in [0.2, 0.25) is 0 Å². The first kappa shape index (κ1) is 15.7.